The van der Waals surface area contributed by atoms with Gasteiger partial charge in [0.1, 0.15) is 5.82 Å². The molecular weight excluding hydrogens is 312 g/mol. The van der Waals surface area contributed by atoms with Crippen LogP contribution < -0.4 is 5.32 Å². The number of benzene rings is 1. The smallest absolute Gasteiger partial charge is 0.230 e. The van der Waals surface area contributed by atoms with Crippen molar-refractivity contribution >= 4 is 17.7 Å². The van der Waals surface area contributed by atoms with E-state index in [1.165, 1.54) is 17.3 Å². The summed E-state index contributed by atoms with van der Waals surface area (Å²) in [6.07, 6.45) is 1.60. The summed E-state index contributed by atoms with van der Waals surface area (Å²) in [5.41, 5.74) is 1.19. The van der Waals surface area contributed by atoms with Crippen molar-refractivity contribution in [1.29, 1.82) is 0 Å². The molecule has 1 aromatic carbocycles. The second-order valence-electron chi connectivity index (χ2n) is 5.02. The lowest BCUT2D eigenvalue weighted by molar-refractivity contribution is -0.118. The number of nitrogens with one attached hydrogen (secondary N) is 1. The molecule has 1 N–H and O–H groups in total. The van der Waals surface area contributed by atoms with Gasteiger partial charge in [-0.3, -0.25) is 4.79 Å². The fourth-order valence-corrected chi connectivity index (χ4v) is 2.98. The number of ether oxygens (including phenoxy) is 1. The molecule has 2 rings (SSSR count). The quantitative estimate of drug-likeness (QED) is 0.559. The Morgan fingerprint density at radius 2 is 2.09 bits per heavy atom. The van der Waals surface area contributed by atoms with E-state index in [9.17, 15) is 4.79 Å². The number of thioether (sulfide) groups is 1. The third-order valence-electron chi connectivity index (χ3n) is 3.34. The zero-order valence-electron chi connectivity index (χ0n) is 13.5. The molecule has 0 fully saturated rings. The Morgan fingerprint density at radius 1 is 1.30 bits per heavy atom. The molecule has 0 saturated carbocycles. The van der Waals surface area contributed by atoms with E-state index in [1.807, 2.05) is 18.2 Å². The van der Waals surface area contributed by atoms with Gasteiger partial charge in [0.05, 0.1) is 5.75 Å². The van der Waals surface area contributed by atoms with Gasteiger partial charge in [-0.15, -0.1) is 10.2 Å². The highest BCUT2D eigenvalue weighted by Crippen LogP contribution is 2.19. The van der Waals surface area contributed by atoms with Crippen LogP contribution in [0.3, 0.4) is 0 Å². The van der Waals surface area contributed by atoms with Crippen molar-refractivity contribution in [1.82, 2.24) is 20.1 Å². The van der Waals surface area contributed by atoms with Crippen molar-refractivity contribution < 1.29 is 9.53 Å². The highest BCUT2D eigenvalue weighted by Gasteiger charge is 2.14. The van der Waals surface area contributed by atoms with Gasteiger partial charge >= 0.3 is 0 Å². The molecule has 0 saturated heterocycles. The monoisotopic (exact) mass is 334 g/mol. The summed E-state index contributed by atoms with van der Waals surface area (Å²) in [6.45, 7) is 1.46. The van der Waals surface area contributed by atoms with Gasteiger partial charge in [-0.2, -0.15) is 0 Å². The molecule has 0 bridgehead atoms. The minimum atomic E-state index is -0.0222. The summed E-state index contributed by atoms with van der Waals surface area (Å²) in [5, 5.41) is 12.0. The van der Waals surface area contributed by atoms with E-state index in [-0.39, 0.29) is 5.91 Å². The molecule has 0 radical (unpaired) electrons. The first-order valence-electron chi connectivity index (χ1n) is 7.53. The molecule has 7 heteroatoms. The van der Waals surface area contributed by atoms with E-state index in [4.69, 9.17) is 4.74 Å². The van der Waals surface area contributed by atoms with Gasteiger partial charge in [-0.25, -0.2) is 0 Å². The summed E-state index contributed by atoms with van der Waals surface area (Å²) in [5.74, 6) is 1.22. The number of rotatable bonds is 9. The van der Waals surface area contributed by atoms with E-state index in [0.717, 1.165) is 30.4 Å². The first-order valence-corrected chi connectivity index (χ1v) is 8.51. The van der Waals surface area contributed by atoms with Crippen LogP contribution in [-0.2, 0) is 22.5 Å². The van der Waals surface area contributed by atoms with E-state index in [1.54, 1.807) is 14.2 Å². The van der Waals surface area contributed by atoms with Crippen LogP contribution in [0.4, 0.5) is 0 Å². The standard InChI is InChI=1S/C16H22N4O2S/c1-17-15(21)12-23-16-19-18-14(20(16)9-6-10-22-2)11-13-7-4-3-5-8-13/h3-5,7-8H,6,9-12H2,1-2H3,(H,17,21). The lowest BCUT2D eigenvalue weighted by atomic mass is 10.1. The highest BCUT2D eigenvalue weighted by atomic mass is 32.2. The van der Waals surface area contributed by atoms with E-state index < -0.39 is 0 Å². The summed E-state index contributed by atoms with van der Waals surface area (Å²) >= 11 is 1.41. The number of carbonyl (C=O) groups is 1. The molecule has 1 aromatic heterocycles. The van der Waals surface area contributed by atoms with Crippen LogP contribution >= 0.6 is 11.8 Å². The average Bonchev–Trinajstić information content (AvgIpc) is 2.96. The van der Waals surface area contributed by atoms with E-state index in [0.29, 0.717) is 12.4 Å². The topological polar surface area (TPSA) is 69.0 Å². The van der Waals surface area contributed by atoms with E-state index in [2.05, 4.69) is 32.2 Å². The van der Waals surface area contributed by atoms with Crippen molar-refractivity contribution in [3.8, 4) is 0 Å². The van der Waals surface area contributed by atoms with Crippen LogP contribution in [0.25, 0.3) is 0 Å². The van der Waals surface area contributed by atoms with Crippen molar-refractivity contribution in [3.63, 3.8) is 0 Å². The summed E-state index contributed by atoms with van der Waals surface area (Å²) < 4.78 is 7.21. The SMILES string of the molecule is CNC(=O)CSc1nnc(Cc2ccccc2)n1CCCOC. The Labute approximate surface area is 140 Å². The van der Waals surface area contributed by atoms with Gasteiger partial charge in [0.2, 0.25) is 5.91 Å². The minimum Gasteiger partial charge on any atom is -0.385 e. The molecule has 2 aromatic rings. The predicted molar refractivity (Wildman–Crippen MR) is 90.6 cm³/mol. The first kappa shape index (κ1) is 17.5. The van der Waals surface area contributed by atoms with Crippen LogP contribution in [0.5, 0.6) is 0 Å². The van der Waals surface area contributed by atoms with E-state index >= 15 is 0 Å². The third kappa shape index (κ3) is 5.37. The minimum absolute atomic E-state index is 0.0222. The fraction of sp³-hybridized carbons (Fsp3) is 0.438. The molecule has 124 valence electrons. The van der Waals surface area contributed by atoms with Crippen LogP contribution in [0.1, 0.15) is 17.8 Å². The van der Waals surface area contributed by atoms with Crippen LogP contribution in [-0.4, -0.2) is 47.2 Å². The summed E-state index contributed by atoms with van der Waals surface area (Å²) in [4.78, 5) is 11.4. The second kappa shape index (κ2) is 9.32. The van der Waals surface area contributed by atoms with Gasteiger partial charge < -0.3 is 14.6 Å². The Bertz CT molecular complexity index is 616. The van der Waals surface area contributed by atoms with Gasteiger partial charge in [-0.05, 0) is 12.0 Å². The van der Waals surface area contributed by atoms with Crippen molar-refractivity contribution in [2.75, 3.05) is 26.5 Å². The van der Waals surface area contributed by atoms with Crippen molar-refractivity contribution in [2.24, 2.45) is 0 Å². The maximum atomic E-state index is 11.4. The Balaban J connectivity index is 2.12. The Kier molecular flexibility index (Phi) is 7.09. The van der Waals surface area contributed by atoms with Crippen LogP contribution in [0, 0.1) is 0 Å². The molecule has 1 heterocycles. The lowest BCUT2D eigenvalue weighted by Crippen LogP contribution is -2.20. The largest absolute Gasteiger partial charge is 0.385 e. The summed E-state index contributed by atoms with van der Waals surface area (Å²) in [7, 11) is 3.32. The van der Waals surface area contributed by atoms with Gasteiger partial charge in [0, 0.05) is 33.7 Å². The number of nitrogens with zero attached hydrogens (tertiary/aromatic N) is 3. The average molecular weight is 334 g/mol. The predicted octanol–water partition coefficient (Wildman–Crippen LogP) is 1.74. The van der Waals surface area contributed by atoms with Crippen molar-refractivity contribution in [3.05, 3.63) is 41.7 Å². The van der Waals surface area contributed by atoms with Gasteiger partial charge in [0.15, 0.2) is 5.16 Å². The molecule has 6 nitrogen and oxygen atoms in total. The zero-order chi connectivity index (χ0) is 16.5. The molecule has 23 heavy (non-hydrogen) atoms. The molecule has 1 amide bonds. The number of hydrogen-bond acceptors (Lipinski definition) is 5. The number of methoxy groups -OCH3 is 1. The lowest BCUT2D eigenvalue weighted by Gasteiger charge is -2.10. The maximum absolute atomic E-state index is 11.4. The second-order valence-corrected chi connectivity index (χ2v) is 5.96. The number of amides is 1. The van der Waals surface area contributed by atoms with Gasteiger partial charge in [0.25, 0.3) is 0 Å². The normalized spacial score (nSPS) is 10.7. The molecular formula is C16H22N4O2S. The highest BCUT2D eigenvalue weighted by molar-refractivity contribution is 7.99. The number of hydrogen-bond donors (Lipinski definition) is 1. The Hall–Kier alpha value is -1.86. The van der Waals surface area contributed by atoms with Gasteiger partial charge in [-0.1, -0.05) is 42.1 Å². The molecule has 0 atom stereocenters. The molecule has 0 aliphatic carbocycles. The van der Waals surface area contributed by atoms with Crippen LogP contribution in [0.15, 0.2) is 35.5 Å². The van der Waals surface area contributed by atoms with Crippen LogP contribution in [0.2, 0.25) is 0 Å². The Morgan fingerprint density at radius 3 is 2.78 bits per heavy atom. The maximum Gasteiger partial charge on any atom is 0.230 e. The molecule has 0 spiro atoms. The fourth-order valence-electron chi connectivity index (χ4n) is 2.13. The van der Waals surface area contributed by atoms with Crippen molar-refractivity contribution in [2.45, 2.75) is 24.5 Å². The number of carbonyl (C=O) groups excluding carboxylic acids is 1. The molecule has 0 aliphatic heterocycles. The molecule has 0 aliphatic rings. The zero-order valence-corrected chi connectivity index (χ0v) is 14.3. The third-order valence-corrected chi connectivity index (χ3v) is 4.31. The first-order chi connectivity index (χ1) is 11.2. The number of aromatic nitrogens is 3. The molecule has 0 unspecified atom stereocenters. The summed E-state index contributed by atoms with van der Waals surface area (Å²) in [6, 6.07) is 10.2.